The van der Waals surface area contributed by atoms with Gasteiger partial charge in [0.15, 0.2) is 0 Å². The first-order valence-electron chi connectivity index (χ1n) is 11.4. The lowest BCUT2D eigenvalue weighted by Crippen LogP contribution is -2.32. The number of carbonyl (C=O) groups excluding carboxylic acids is 1. The summed E-state index contributed by atoms with van der Waals surface area (Å²) in [7, 11) is -3.72. The molecule has 0 saturated heterocycles. The largest absolute Gasteiger partial charge is 0.333 e. The summed E-state index contributed by atoms with van der Waals surface area (Å²) in [6.07, 6.45) is 3.67. The van der Waals surface area contributed by atoms with E-state index in [-0.39, 0.29) is 29.3 Å². The fourth-order valence-electron chi connectivity index (χ4n) is 3.75. The highest BCUT2D eigenvalue weighted by Crippen LogP contribution is 2.21. The number of amides is 1. The van der Waals surface area contributed by atoms with Crippen LogP contribution in [0.3, 0.4) is 0 Å². The van der Waals surface area contributed by atoms with Crippen molar-refractivity contribution in [2.75, 3.05) is 6.54 Å². The van der Waals surface area contributed by atoms with Crippen molar-refractivity contribution in [1.29, 1.82) is 0 Å². The lowest BCUT2D eigenvalue weighted by Gasteiger charge is -2.23. The average molecular weight is 480 g/mol. The Morgan fingerprint density at radius 3 is 2.38 bits per heavy atom. The molecule has 7 heteroatoms. The van der Waals surface area contributed by atoms with Gasteiger partial charge >= 0.3 is 0 Å². The minimum atomic E-state index is -3.72. The van der Waals surface area contributed by atoms with E-state index in [1.807, 2.05) is 75.4 Å². The van der Waals surface area contributed by atoms with Gasteiger partial charge in [-0.15, -0.1) is 6.58 Å². The minimum Gasteiger partial charge on any atom is -0.333 e. The van der Waals surface area contributed by atoms with Gasteiger partial charge in [0, 0.05) is 13.0 Å². The summed E-state index contributed by atoms with van der Waals surface area (Å²) in [6.45, 7) is 10.7. The maximum Gasteiger partial charge on any atom is 0.228 e. The third kappa shape index (κ3) is 6.67. The maximum absolute atomic E-state index is 13.4. The highest BCUT2D eigenvalue weighted by atomic mass is 32.2. The minimum absolute atomic E-state index is 0.00595. The molecule has 0 saturated carbocycles. The van der Waals surface area contributed by atoms with E-state index in [9.17, 15) is 13.2 Å². The van der Waals surface area contributed by atoms with Gasteiger partial charge in [0.05, 0.1) is 30.7 Å². The van der Waals surface area contributed by atoms with E-state index in [1.165, 1.54) is 0 Å². The molecule has 34 heavy (non-hydrogen) atoms. The van der Waals surface area contributed by atoms with E-state index in [0.717, 1.165) is 11.1 Å². The van der Waals surface area contributed by atoms with Gasteiger partial charge in [0.1, 0.15) is 0 Å². The van der Waals surface area contributed by atoms with Gasteiger partial charge in [0.2, 0.25) is 20.9 Å². The number of hydrogen-bond acceptors (Lipinski definition) is 4. The molecule has 3 rings (SSSR count). The van der Waals surface area contributed by atoms with Gasteiger partial charge in [-0.3, -0.25) is 4.79 Å². The first kappa shape index (κ1) is 25.4. The Hall–Kier alpha value is -3.19. The number of hydrogen-bond donors (Lipinski definition) is 0. The normalized spacial score (nSPS) is 11.5. The molecule has 0 aliphatic rings. The summed E-state index contributed by atoms with van der Waals surface area (Å²) >= 11 is 0. The van der Waals surface area contributed by atoms with E-state index in [2.05, 4.69) is 11.6 Å². The molecular formula is C27H33N3O3S. The third-order valence-corrected chi connectivity index (χ3v) is 7.07. The van der Waals surface area contributed by atoms with Crippen molar-refractivity contribution in [3.63, 3.8) is 0 Å². The van der Waals surface area contributed by atoms with Crippen molar-refractivity contribution in [3.8, 4) is 0 Å². The van der Waals surface area contributed by atoms with Crippen LogP contribution in [0.5, 0.6) is 0 Å². The zero-order valence-electron chi connectivity index (χ0n) is 20.1. The van der Waals surface area contributed by atoms with Gasteiger partial charge in [-0.1, -0.05) is 80.1 Å². The fourth-order valence-corrected chi connectivity index (χ4v) is 5.25. The molecule has 0 fully saturated rings. The van der Waals surface area contributed by atoms with Crippen LogP contribution in [0.1, 0.15) is 42.7 Å². The first-order chi connectivity index (χ1) is 16.2. The fraction of sp³-hybridized carbons (Fsp3) is 0.333. The molecule has 0 N–H and O–H groups in total. The van der Waals surface area contributed by atoms with E-state index in [4.69, 9.17) is 0 Å². The number of aromatic nitrogens is 2. The predicted octanol–water partition coefficient (Wildman–Crippen LogP) is 4.77. The molecule has 1 amide bonds. The van der Waals surface area contributed by atoms with E-state index in [0.29, 0.717) is 30.8 Å². The number of sulfone groups is 1. The number of carbonyl (C=O) groups is 1. The lowest BCUT2D eigenvalue weighted by atomic mass is 10.1. The molecule has 0 radical (unpaired) electrons. The molecule has 3 aromatic rings. The van der Waals surface area contributed by atoms with Crippen molar-refractivity contribution in [2.24, 2.45) is 5.92 Å². The molecule has 1 heterocycles. The summed E-state index contributed by atoms with van der Waals surface area (Å²) < 4.78 is 28.6. The second-order valence-electron chi connectivity index (χ2n) is 9.01. The number of rotatable bonds is 11. The topological polar surface area (TPSA) is 72.3 Å². The molecule has 0 aliphatic carbocycles. The number of benzene rings is 2. The summed E-state index contributed by atoms with van der Waals surface area (Å²) in [5, 5.41) is 0.0155. The Kier molecular flexibility index (Phi) is 8.45. The quantitative estimate of drug-likeness (QED) is 0.371. The van der Waals surface area contributed by atoms with Crippen LogP contribution in [0, 0.1) is 12.8 Å². The highest BCUT2D eigenvalue weighted by molar-refractivity contribution is 7.90. The molecule has 0 aliphatic heterocycles. The van der Waals surface area contributed by atoms with E-state index in [1.54, 1.807) is 21.7 Å². The molecule has 0 unspecified atom stereocenters. The van der Waals surface area contributed by atoms with Crippen molar-refractivity contribution >= 4 is 15.7 Å². The first-order valence-corrected chi connectivity index (χ1v) is 13.1. The molecule has 1 aromatic heterocycles. The molecule has 0 spiro atoms. The Bertz CT molecular complexity index is 1210. The maximum atomic E-state index is 13.4. The van der Waals surface area contributed by atoms with Crippen molar-refractivity contribution in [2.45, 2.75) is 51.2 Å². The Morgan fingerprint density at radius 2 is 1.76 bits per heavy atom. The van der Waals surface area contributed by atoms with E-state index < -0.39 is 9.84 Å². The molecule has 180 valence electrons. The Morgan fingerprint density at radius 1 is 1.09 bits per heavy atom. The lowest BCUT2D eigenvalue weighted by molar-refractivity contribution is -0.132. The summed E-state index contributed by atoms with van der Waals surface area (Å²) in [5.41, 5.74) is 3.41. The molecule has 0 atom stereocenters. The molecular weight excluding hydrogens is 446 g/mol. The van der Waals surface area contributed by atoms with Crippen LogP contribution >= 0.6 is 0 Å². The van der Waals surface area contributed by atoms with Gasteiger partial charge in [-0.25, -0.2) is 13.4 Å². The summed E-state index contributed by atoms with van der Waals surface area (Å²) in [4.78, 5) is 18.9. The van der Waals surface area contributed by atoms with Crippen LogP contribution < -0.4 is 0 Å². The zero-order valence-corrected chi connectivity index (χ0v) is 21.0. The highest BCUT2D eigenvalue weighted by Gasteiger charge is 2.26. The van der Waals surface area contributed by atoms with Crippen molar-refractivity contribution in [1.82, 2.24) is 14.5 Å². The third-order valence-electron chi connectivity index (χ3n) is 5.48. The van der Waals surface area contributed by atoms with Crippen LogP contribution in [0.2, 0.25) is 0 Å². The van der Waals surface area contributed by atoms with Gasteiger partial charge < -0.3 is 9.47 Å². The predicted molar refractivity (Wildman–Crippen MR) is 135 cm³/mol. The molecule has 2 aromatic carbocycles. The average Bonchev–Trinajstić information content (AvgIpc) is 3.18. The van der Waals surface area contributed by atoms with Crippen LogP contribution in [0.4, 0.5) is 0 Å². The summed E-state index contributed by atoms with van der Waals surface area (Å²) in [6, 6.07) is 17.1. The smallest absolute Gasteiger partial charge is 0.228 e. The van der Waals surface area contributed by atoms with Crippen LogP contribution in [-0.4, -0.2) is 35.3 Å². The van der Waals surface area contributed by atoms with Gasteiger partial charge in [-0.05, 0) is 24.0 Å². The standard InChI is InChI=1S/C27H33N3O3S/c1-5-15-29(26(31)16-21(2)3)19-25-17-28-27(30(25)18-23-9-7-6-8-10-23)34(32,33)20-24-13-11-22(4)12-14-24/h5-14,17,21H,1,15-16,18-20H2,2-4H3. The van der Waals surface area contributed by atoms with Crippen LogP contribution in [-0.2, 0) is 33.5 Å². The Labute approximate surface area is 202 Å². The zero-order chi connectivity index (χ0) is 24.7. The number of nitrogens with zero attached hydrogens (tertiary/aromatic N) is 3. The monoisotopic (exact) mass is 479 g/mol. The van der Waals surface area contributed by atoms with Crippen LogP contribution in [0.15, 0.2) is 78.6 Å². The molecule has 6 nitrogen and oxygen atoms in total. The number of aryl methyl sites for hydroxylation is 1. The number of imidazole rings is 1. The SMILES string of the molecule is C=CCN(Cc1cnc(S(=O)(=O)Cc2ccc(C)cc2)n1Cc1ccccc1)C(=O)CC(C)C. The van der Waals surface area contributed by atoms with Gasteiger partial charge in [0.25, 0.3) is 0 Å². The van der Waals surface area contributed by atoms with Gasteiger partial charge in [-0.2, -0.15) is 0 Å². The van der Waals surface area contributed by atoms with Crippen molar-refractivity contribution in [3.05, 3.63) is 95.8 Å². The molecule has 0 bridgehead atoms. The van der Waals surface area contributed by atoms with E-state index >= 15 is 0 Å². The van der Waals surface area contributed by atoms with Crippen LogP contribution in [0.25, 0.3) is 0 Å². The summed E-state index contributed by atoms with van der Waals surface area (Å²) in [5.74, 6) is 0.0900. The van der Waals surface area contributed by atoms with Crippen molar-refractivity contribution < 1.29 is 13.2 Å². The second kappa shape index (κ2) is 11.3. The Balaban J connectivity index is 1.98. The second-order valence-corrected chi connectivity index (χ2v) is 10.9.